The number of hydrogen-bond donors (Lipinski definition) is 2. The summed E-state index contributed by atoms with van der Waals surface area (Å²) in [6.07, 6.45) is 5.63. The number of fused-ring (bicyclic) bond motifs is 2. The van der Waals surface area contributed by atoms with Gasteiger partial charge in [0.15, 0.2) is 0 Å². The third-order valence-corrected chi connectivity index (χ3v) is 4.78. The van der Waals surface area contributed by atoms with Crippen LogP contribution in [0.1, 0.15) is 38.5 Å². The van der Waals surface area contributed by atoms with E-state index in [0.717, 1.165) is 25.8 Å². The first-order valence-electron chi connectivity index (χ1n) is 6.93. The molecule has 2 amide bonds. The van der Waals surface area contributed by atoms with Crippen molar-refractivity contribution in [2.24, 2.45) is 11.8 Å². The van der Waals surface area contributed by atoms with E-state index in [-0.39, 0.29) is 18.0 Å². The van der Waals surface area contributed by atoms with Gasteiger partial charge in [-0.2, -0.15) is 0 Å². The van der Waals surface area contributed by atoms with Gasteiger partial charge in [0.2, 0.25) is 0 Å². The molecule has 100 valence electrons. The minimum atomic E-state index is -0.730. The number of aliphatic carboxylic acids is 1. The number of rotatable bonds is 2. The molecule has 0 aromatic rings. The number of carbonyl (C=O) groups excluding carboxylic acids is 1. The molecule has 0 aromatic heterocycles. The van der Waals surface area contributed by atoms with Crippen molar-refractivity contribution >= 4 is 12.0 Å². The fraction of sp³-hybridized carbons (Fsp3) is 0.846. The first-order valence-corrected chi connectivity index (χ1v) is 6.93. The first-order chi connectivity index (χ1) is 8.63. The number of hydrogen-bond acceptors (Lipinski definition) is 2. The van der Waals surface area contributed by atoms with Crippen LogP contribution in [0.5, 0.6) is 0 Å². The van der Waals surface area contributed by atoms with E-state index >= 15 is 0 Å². The SMILES string of the molecule is O=C(O)[C@@H]1CC[C@H](NC(=O)N2CC3CCC2C3)C1. The summed E-state index contributed by atoms with van der Waals surface area (Å²) in [6.45, 7) is 0.894. The molecule has 2 N–H and O–H groups in total. The second-order valence-corrected chi connectivity index (χ2v) is 5.98. The molecular weight excluding hydrogens is 232 g/mol. The fourth-order valence-corrected chi connectivity index (χ4v) is 3.77. The molecule has 2 bridgehead atoms. The van der Waals surface area contributed by atoms with E-state index < -0.39 is 5.97 Å². The molecule has 3 fully saturated rings. The maximum atomic E-state index is 12.1. The van der Waals surface area contributed by atoms with Gasteiger partial charge in [0.05, 0.1) is 5.92 Å². The van der Waals surface area contributed by atoms with Crippen molar-refractivity contribution in [1.82, 2.24) is 10.2 Å². The molecule has 2 saturated carbocycles. The van der Waals surface area contributed by atoms with Crippen LogP contribution in [0.3, 0.4) is 0 Å². The molecule has 3 aliphatic rings. The first kappa shape index (κ1) is 11.8. The van der Waals surface area contributed by atoms with Crippen LogP contribution < -0.4 is 5.32 Å². The number of nitrogens with one attached hydrogen (secondary N) is 1. The number of piperidine rings is 1. The third kappa shape index (κ3) is 2.06. The van der Waals surface area contributed by atoms with Gasteiger partial charge in [0.1, 0.15) is 0 Å². The van der Waals surface area contributed by atoms with Crippen LogP contribution in [0.25, 0.3) is 0 Å². The van der Waals surface area contributed by atoms with Crippen molar-refractivity contribution in [2.75, 3.05) is 6.54 Å². The Bertz CT molecular complexity index is 371. The molecule has 5 nitrogen and oxygen atoms in total. The average Bonchev–Trinajstić information content (AvgIpc) is 3.03. The van der Waals surface area contributed by atoms with E-state index in [0.29, 0.717) is 24.8 Å². The van der Waals surface area contributed by atoms with E-state index in [1.165, 1.54) is 6.42 Å². The normalized spacial score (nSPS) is 38.1. The zero-order valence-corrected chi connectivity index (χ0v) is 10.5. The quantitative estimate of drug-likeness (QED) is 0.781. The summed E-state index contributed by atoms with van der Waals surface area (Å²) in [5, 5.41) is 12.0. The smallest absolute Gasteiger partial charge is 0.317 e. The second-order valence-electron chi connectivity index (χ2n) is 5.98. The lowest BCUT2D eigenvalue weighted by atomic mass is 10.1. The van der Waals surface area contributed by atoms with Gasteiger partial charge in [-0.1, -0.05) is 0 Å². The molecule has 1 saturated heterocycles. The molecule has 2 aliphatic carbocycles. The zero-order chi connectivity index (χ0) is 12.7. The largest absolute Gasteiger partial charge is 0.481 e. The van der Waals surface area contributed by atoms with Gasteiger partial charge in [0, 0.05) is 18.6 Å². The number of nitrogens with zero attached hydrogens (tertiary/aromatic N) is 1. The molecule has 1 heterocycles. The molecule has 0 spiro atoms. The number of urea groups is 1. The highest BCUT2D eigenvalue weighted by molar-refractivity contribution is 5.76. The van der Waals surface area contributed by atoms with E-state index in [1.807, 2.05) is 4.90 Å². The molecule has 5 heteroatoms. The molecule has 0 aromatic carbocycles. The predicted molar refractivity (Wildman–Crippen MR) is 65.1 cm³/mol. The Hall–Kier alpha value is -1.26. The van der Waals surface area contributed by atoms with Crippen LogP contribution in [-0.4, -0.2) is 40.6 Å². The topological polar surface area (TPSA) is 69.6 Å². The lowest BCUT2D eigenvalue weighted by Crippen LogP contribution is -2.47. The van der Waals surface area contributed by atoms with Crippen molar-refractivity contribution in [1.29, 1.82) is 0 Å². The molecular formula is C13H20N2O3. The molecule has 1 aliphatic heterocycles. The fourth-order valence-electron chi connectivity index (χ4n) is 3.77. The van der Waals surface area contributed by atoms with E-state index in [4.69, 9.17) is 5.11 Å². The van der Waals surface area contributed by atoms with Gasteiger partial charge in [-0.05, 0) is 44.4 Å². The number of carboxylic acids is 1. The lowest BCUT2D eigenvalue weighted by molar-refractivity contribution is -0.141. The van der Waals surface area contributed by atoms with Gasteiger partial charge in [-0.25, -0.2) is 4.79 Å². The Morgan fingerprint density at radius 1 is 1.11 bits per heavy atom. The lowest BCUT2D eigenvalue weighted by Gasteiger charge is -2.28. The maximum Gasteiger partial charge on any atom is 0.317 e. The predicted octanol–water partition coefficient (Wildman–Crippen LogP) is 1.43. The number of carbonyl (C=O) groups is 2. The molecule has 0 radical (unpaired) electrons. The summed E-state index contributed by atoms with van der Waals surface area (Å²) >= 11 is 0. The highest BCUT2D eigenvalue weighted by atomic mass is 16.4. The van der Waals surface area contributed by atoms with Crippen LogP contribution in [0.2, 0.25) is 0 Å². The average molecular weight is 252 g/mol. The van der Waals surface area contributed by atoms with Crippen molar-refractivity contribution in [3.8, 4) is 0 Å². The van der Waals surface area contributed by atoms with Gasteiger partial charge < -0.3 is 15.3 Å². The van der Waals surface area contributed by atoms with Gasteiger partial charge in [0.25, 0.3) is 0 Å². The third-order valence-electron chi connectivity index (χ3n) is 4.78. The Morgan fingerprint density at radius 3 is 2.50 bits per heavy atom. The Labute approximate surface area is 107 Å². The number of amides is 2. The van der Waals surface area contributed by atoms with Crippen LogP contribution in [0.4, 0.5) is 4.79 Å². The Morgan fingerprint density at radius 2 is 1.94 bits per heavy atom. The maximum absolute atomic E-state index is 12.1. The zero-order valence-electron chi connectivity index (χ0n) is 10.5. The minimum absolute atomic E-state index is 0.0261. The standard InChI is InChI=1S/C13H20N2O3/c16-12(17)9-2-3-10(6-9)14-13(18)15-7-8-1-4-11(15)5-8/h8-11H,1-7H2,(H,14,18)(H,16,17)/t8?,9-,10+,11?/m1/s1. The summed E-state index contributed by atoms with van der Waals surface area (Å²) in [6, 6.07) is 0.516. The van der Waals surface area contributed by atoms with Crippen molar-refractivity contribution < 1.29 is 14.7 Å². The Kier molecular flexibility index (Phi) is 2.92. The molecule has 18 heavy (non-hydrogen) atoms. The van der Waals surface area contributed by atoms with E-state index in [1.54, 1.807) is 0 Å². The van der Waals surface area contributed by atoms with Crippen molar-refractivity contribution in [2.45, 2.75) is 50.6 Å². The number of likely N-dealkylation sites (tertiary alicyclic amines) is 1. The summed E-state index contributed by atoms with van der Waals surface area (Å²) in [5.74, 6) is -0.298. The van der Waals surface area contributed by atoms with Gasteiger partial charge >= 0.3 is 12.0 Å². The summed E-state index contributed by atoms with van der Waals surface area (Å²) in [4.78, 5) is 25.0. The van der Waals surface area contributed by atoms with Crippen molar-refractivity contribution in [3.63, 3.8) is 0 Å². The molecule has 4 atom stereocenters. The van der Waals surface area contributed by atoms with Crippen LogP contribution in [-0.2, 0) is 4.79 Å². The highest BCUT2D eigenvalue weighted by Crippen LogP contribution is 2.37. The monoisotopic (exact) mass is 252 g/mol. The summed E-state index contributed by atoms with van der Waals surface area (Å²) in [7, 11) is 0. The second kappa shape index (κ2) is 4.44. The number of carboxylic acid groups (broad SMARTS) is 1. The van der Waals surface area contributed by atoms with Crippen LogP contribution >= 0.6 is 0 Å². The van der Waals surface area contributed by atoms with Crippen LogP contribution in [0.15, 0.2) is 0 Å². The van der Waals surface area contributed by atoms with Crippen molar-refractivity contribution in [3.05, 3.63) is 0 Å². The summed E-state index contributed by atoms with van der Waals surface area (Å²) < 4.78 is 0. The molecule has 3 rings (SSSR count). The van der Waals surface area contributed by atoms with Gasteiger partial charge in [-0.3, -0.25) is 4.79 Å². The minimum Gasteiger partial charge on any atom is -0.481 e. The highest BCUT2D eigenvalue weighted by Gasteiger charge is 2.41. The van der Waals surface area contributed by atoms with Gasteiger partial charge in [-0.15, -0.1) is 0 Å². The van der Waals surface area contributed by atoms with Crippen LogP contribution in [0, 0.1) is 11.8 Å². The summed E-state index contributed by atoms with van der Waals surface area (Å²) in [5.41, 5.74) is 0. The molecule has 2 unspecified atom stereocenters. The Balaban J connectivity index is 1.51. The van der Waals surface area contributed by atoms with E-state index in [9.17, 15) is 9.59 Å². The van der Waals surface area contributed by atoms with E-state index in [2.05, 4.69) is 5.32 Å².